The van der Waals surface area contributed by atoms with Gasteiger partial charge in [0.2, 0.25) is 0 Å². The fourth-order valence-electron chi connectivity index (χ4n) is 3.02. The Morgan fingerprint density at radius 1 is 1.38 bits per heavy atom. The van der Waals surface area contributed by atoms with Gasteiger partial charge in [0.1, 0.15) is 0 Å². The van der Waals surface area contributed by atoms with Crippen molar-refractivity contribution >= 4 is 0 Å². The predicted molar refractivity (Wildman–Crippen MR) is 66.7 cm³/mol. The second-order valence-electron chi connectivity index (χ2n) is 5.22. The first-order valence-corrected chi connectivity index (χ1v) is 6.90. The van der Waals surface area contributed by atoms with E-state index in [4.69, 9.17) is 4.74 Å². The van der Waals surface area contributed by atoms with Crippen molar-refractivity contribution in [1.29, 1.82) is 0 Å². The lowest BCUT2D eigenvalue weighted by Crippen LogP contribution is -2.51. The standard InChI is InChI=1S/C13H26N2O/c1-3-7-14-12-5-4-8-15(10-12)13-6-9-16-11(13)2/h11-14H,3-10H2,1-2H3. The number of ether oxygens (including phenoxy) is 1. The SMILES string of the molecule is CCCNC1CCCN(C2CCOC2C)C1. The predicted octanol–water partition coefficient (Wildman–Crippen LogP) is 1.63. The quantitative estimate of drug-likeness (QED) is 0.788. The van der Waals surface area contributed by atoms with Gasteiger partial charge in [-0.25, -0.2) is 0 Å². The minimum atomic E-state index is 0.435. The number of hydrogen-bond donors (Lipinski definition) is 1. The van der Waals surface area contributed by atoms with Crippen LogP contribution in [0.25, 0.3) is 0 Å². The van der Waals surface area contributed by atoms with Crippen LogP contribution < -0.4 is 5.32 Å². The summed E-state index contributed by atoms with van der Waals surface area (Å²) in [7, 11) is 0. The smallest absolute Gasteiger partial charge is 0.0703 e. The molecule has 2 fully saturated rings. The molecule has 0 spiro atoms. The van der Waals surface area contributed by atoms with E-state index in [1.54, 1.807) is 0 Å². The largest absolute Gasteiger partial charge is 0.377 e. The molecule has 0 bridgehead atoms. The molecule has 0 amide bonds. The van der Waals surface area contributed by atoms with Crippen LogP contribution in [0.4, 0.5) is 0 Å². The van der Waals surface area contributed by atoms with Crippen molar-refractivity contribution in [2.45, 2.75) is 57.7 Å². The summed E-state index contributed by atoms with van der Waals surface area (Å²) in [5, 5.41) is 3.66. The molecule has 2 rings (SSSR count). The molecule has 2 aliphatic heterocycles. The van der Waals surface area contributed by atoms with E-state index in [0.717, 1.165) is 13.2 Å². The van der Waals surface area contributed by atoms with Crippen molar-refractivity contribution in [3.8, 4) is 0 Å². The zero-order valence-electron chi connectivity index (χ0n) is 10.7. The van der Waals surface area contributed by atoms with Gasteiger partial charge in [-0.15, -0.1) is 0 Å². The first-order valence-electron chi connectivity index (χ1n) is 6.90. The molecule has 2 heterocycles. The molecular weight excluding hydrogens is 200 g/mol. The number of likely N-dealkylation sites (tertiary alicyclic amines) is 1. The third-order valence-corrected chi connectivity index (χ3v) is 3.94. The van der Waals surface area contributed by atoms with Crippen LogP contribution in [-0.4, -0.2) is 49.3 Å². The van der Waals surface area contributed by atoms with Crippen molar-refractivity contribution in [2.24, 2.45) is 0 Å². The van der Waals surface area contributed by atoms with Crippen LogP contribution in [0.5, 0.6) is 0 Å². The second-order valence-corrected chi connectivity index (χ2v) is 5.22. The highest BCUT2D eigenvalue weighted by atomic mass is 16.5. The van der Waals surface area contributed by atoms with Crippen LogP contribution >= 0.6 is 0 Å². The van der Waals surface area contributed by atoms with Gasteiger partial charge in [-0.05, 0) is 45.7 Å². The molecule has 94 valence electrons. The molecule has 2 saturated heterocycles. The van der Waals surface area contributed by atoms with Gasteiger partial charge in [0.05, 0.1) is 6.10 Å². The van der Waals surface area contributed by atoms with E-state index in [1.807, 2.05) is 0 Å². The van der Waals surface area contributed by atoms with Gasteiger partial charge in [0.15, 0.2) is 0 Å². The van der Waals surface area contributed by atoms with Gasteiger partial charge >= 0.3 is 0 Å². The van der Waals surface area contributed by atoms with Crippen LogP contribution in [0.1, 0.15) is 39.5 Å². The third kappa shape index (κ3) is 2.96. The van der Waals surface area contributed by atoms with Crippen molar-refractivity contribution in [3.63, 3.8) is 0 Å². The monoisotopic (exact) mass is 226 g/mol. The van der Waals surface area contributed by atoms with Crippen molar-refractivity contribution in [2.75, 3.05) is 26.2 Å². The number of rotatable bonds is 4. The maximum Gasteiger partial charge on any atom is 0.0703 e. The van der Waals surface area contributed by atoms with E-state index in [1.165, 1.54) is 38.8 Å². The Bertz CT molecular complexity index is 210. The summed E-state index contributed by atoms with van der Waals surface area (Å²) in [4.78, 5) is 2.65. The topological polar surface area (TPSA) is 24.5 Å². The lowest BCUT2D eigenvalue weighted by atomic mass is 10.0. The summed E-state index contributed by atoms with van der Waals surface area (Å²) in [6.45, 7) is 9.06. The molecule has 2 aliphatic rings. The van der Waals surface area contributed by atoms with E-state index in [0.29, 0.717) is 18.2 Å². The maximum absolute atomic E-state index is 5.67. The molecule has 0 saturated carbocycles. The normalized spacial score (nSPS) is 36.8. The molecule has 0 aromatic carbocycles. The second kappa shape index (κ2) is 5.99. The fraction of sp³-hybridized carbons (Fsp3) is 1.00. The number of piperidine rings is 1. The van der Waals surface area contributed by atoms with Crippen LogP contribution in [0.2, 0.25) is 0 Å². The zero-order valence-corrected chi connectivity index (χ0v) is 10.7. The molecule has 16 heavy (non-hydrogen) atoms. The van der Waals surface area contributed by atoms with Gasteiger partial charge in [-0.2, -0.15) is 0 Å². The molecule has 3 heteroatoms. The van der Waals surface area contributed by atoms with Crippen LogP contribution in [0.15, 0.2) is 0 Å². The minimum Gasteiger partial charge on any atom is -0.377 e. The molecule has 0 radical (unpaired) electrons. The Morgan fingerprint density at radius 3 is 2.94 bits per heavy atom. The lowest BCUT2D eigenvalue weighted by Gasteiger charge is -2.38. The molecule has 0 aliphatic carbocycles. The van der Waals surface area contributed by atoms with E-state index in [-0.39, 0.29) is 0 Å². The fourth-order valence-corrected chi connectivity index (χ4v) is 3.02. The molecule has 1 N–H and O–H groups in total. The van der Waals surface area contributed by atoms with E-state index in [9.17, 15) is 0 Å². The van der Waals surface area contributed by atoms with Gasteiger partial charge in [-0.1, -0.05) is 6.92 Å². The van der Waals surface area contributed by atoms with Gasteiger partial charge in [0, 0.05) is 25.2 Å². The van der Waals surface area contributed by atoms with E-state index >= 15 is 0 Å². The molecule has 0 aromatic heterocycles. The Morgan fingerprint density at radius 2 is 2.25 bits per heavy atom. The summed E-state index contributed by atoms with van der Waals surface area (Å²) >= 11 is 0. The Balaban J connectivity index is 1.81. The van der Waals surface area contributed by atoms with Crippen LogP contribution in [-0.2, 0) is 4.74 Å². The minimum absolute atomic E-state index is 0.435. The summed E-state index contributed by atoms with van der Waals surface area (Å²) in [6, 6.07) is 1.38. The summed E-state index contributed by atoms with van der Waals surface area (Å²) in [5.41, 5.74) is 0. The maximum atomic E-state index is 5.67. The summed E-state index contributed by atoms with van der Waals surface area (Å²) in [6.07, 6.45) is 5.58. The lowest BCUT2D eigenvalue weighted by molar-refractivity contribution is 0.0585. The molecule has 3 nitrogen and oxygen atoms in total. The number of nitrogens with one attached hydrogen (secondary N) is 1. The molecule has 3 unspecified atom stereocenters. The highest BCUT2D eigenvalue weighted by molar-refractivity contribution is 4.87. The first-order chi connectivity index (χ1) is 7.81. The van der Waals surface area contributed by atoms with E-state index < -0.39 is 0 Å². The Kier molecular flexibility index (Phi) is 4.62. The highest BCUT2D eigenvalue weighted by Crippen LogP contribution is 2.23. The van der Waals surface area contributed by atoms with Crippen molar-refractivity contribution in [1.82, 2.24) is 10.2 Å². The molecule has 3 atom stereocenters. The summed E-state index contributed by atoms with van der Waals surface area (Å²) < 4.78 is 5.67. The van der Waals surface area contributed by atoms with Crippen molar-refractivity contribution < 1.29 is 4.74 Å². The average Bonchev–Trinajstić information content (AvgIpc) is 2.73. The zero-order chi connectivity index (χ0) is 11.4. The third-order valence-electron chi connectivity index (χ3n) is 3.94. The van der Waals surface area contributed by atoms with Gasteiger partial charge in [-0.3, -0.25) is 4.90 Å². The van der Waals surface area contributed by atoms with Crippen LogP contribution in [0, 0.1) is 0 Å². The van der Waals surface area contributed by atoms with Crippen LogP contribution in [0.3, 0.4) is 0 Å². The number of hydrogen-bond acceptors (Lipinski definition) is 3. The van der Waals surface area contributed by atoms with Gasteiger partial charge in [0.25, 0.3) is 0 Å². The molecule has 0 aromatic rings. The summed E-state index contributed by atoms with van der Waals surface area (Å²) in [5.74, 6) is 0. The van der Waals surface area contributed by atoms with E-state index in [2.05, 4.69) is 24.1 Å². The molecular formula is C13H26N2O. The highest BCUT2D eigenvalue weighted by Gasteiger charge is 2.32. The Labute approximate surface area is 99.5 Å². The van der Waals surface area contributed by atoms with Crippen molar-refractivity contribution in [3.05, 3.63) is 0 Å². The average molecular weight is 226 g/mol. The Hall–Kier alpha value is -0.120. The number of nitrogens with zero attached hydrogens (tertiary/aromatic N) is 1. The first kappa shape index (κ1) is 12.3. The van der Waals surface area contributed by atoms with Gasteiger partial charge < -0.3 is 10.1 Å².